The van der Waals surface area contributed by atoms with Crippen LogP contribution < -0.4 is 10.1 Å². The molecule has 1 aromatic heterocycles. The van der Waals surface area contributed by atoms with Gasteiger partial charge >= 0.3 is 0 Å². The van der Waals surface area contributed by atoms with Gasteiger partial charge in [-0.15, -0.1) is 0 Å². The van der Waals surface area contributed by atoms with E-state index in [1.54, 1.807) is 19.5 Å². The van der Waals surface area contributed by atoms with Gasteiger partial charge in [0.2, 0.25) is 0 Å². The van der Waals surface area contributed by atoms with Crippen LogP contribution in [0.3, 0.4) is 0 Å². The summed E-state index contributed by atoms with van der Waals surface area (Å²) >= 11 is 0. The zero-order valence-corrected chi connectivity index (χ0v) is 10.8. The Balaban J connectivity index is 2.19. The highest BCUT2D eigenvalue weighted by Gasteiger charge is 2.20. The molecule has 0 fully saturated rings. The number of hydrogen-bond donors (Lipinski definition) is 1. The van der Waals surface area contributed by atoms with Gasteiger partial charge in [-0.2, -0.15) is 0 Å². The Kier molecular flexibility index (Phi) is 3.46. The number of rotatable bonds is 4. The van der Waals surface area contributed by atoms with Crippen LogP contribution in [0.4, 0.5) is 5.69 Å². The molecule has 1 heterocycles. The topological polar surface area (TPSA) is 47.0 Å². The molecule has 1 aromatic carbocycles. The molecule has 2 rings (SSSR count). The van der Waals surface area contributed by atoms with Gasteiger partial charge in [-0.05, 0) is 31.5 Å². The van der Waals surface area contributed by atoms with Crippen molar-refractivity contribution in [1.82, 2.24) is 9.97 Å². The molecule has 1 N–H and O–H groups in total. The molecule has 4 heteroatoms. The minimum Gasteiger partial charge on any atom is -0.497 e. The molecule has 0 atom stereocenters. The van der Waals surface area contributed by atoms with Crippen molar-refractivity contribution in [2.75, 3.05) is 12.4 Å². The Morgan fingerprint density at radius 2 is 1.67 bits per heavy atom. The molecular weight excluding hydrogens is 226 g/mol. The predicted molar refractivity (Wildman–Crippen MR) is 71.7 cm³/mol. The number of anilines is 1. The van der Waals surface area contributed by atoms with Gasteiger partial charge in [-0.3, -0.25) is 0 Å². The molecular formula is C14H17N3O. The Bertz CT molecular complexity index is 494. The summed E-state index contributed by atoms with van der Waals surface area (Å²) in [4.78, 5) is 7.99. The zero-order chi connectivity index (χ0) is 13.0. The van der Waals surface area contributed by atoms with Crippen molar-refractivity contribution in [3.63, 3.8) is 0 Å². The van der Waals surface area contributed by atoms with Crippen LogP contribution in [-0.4, -0.2) is 17.1 Å². The predicted octanol–water partition coefficient (Wildman–Crippen LogP) is 2.83. The van der Waals surface area contributed by atoms with Crippen LogP contribution in [0.15, 0.2) is 43.0 Å². The number of nitrogens with zero attached hydrogens (tertiary/aromatic N) is 2. The smallest absolute Gasteiger partial charge is 0.118 e. The van der Waals surface area contributed by atoms with Crippen molar-refractivity contribution in [1.29, 1.82) is 0 Å². The van der Waals surface area contributed by atoms with Gasteiger partial charge in [0.1, 0.15) is 12.1 Å². The van der Waals surface area contributed by atoms with E-state index in [1.807, 2.05) is 12.1 Å². The fraction of sp³-hybridized carbons (Fsp3) is 0.286. The molecule has 0 radical (unpaired) electrons. The number of benzene rings is 1. The lowest BCUT2D eigenvalue weighted by molar-refractivity contribution is 0.414. The molecule has 0 aliphatic carbocycles. The van der Waals surface area contributed by atoms with E-state index in [0.717, 1.165) is 11.4 Å². The SMILES string of the molecule is COc1ccc(C(C)(C)Nc2cncnc2)cc1. The highest BCUT2D eigenvalue weighted by Crippen LogP contribution is 2.26. The van der Waals surface area contributed by atoms with E-state index in [-0.39, 0.29) is 5.54 Å². The largest absolute Gasteiger partial charge is 0.497 e. The lowest BCUT2D eigenvalue weighted by atomic mass is 9.94. The van der Waals surface area contributed by atoms with Gasteiger partial charge in [0.15, 0.2) is 0 Å². The minimum absolute atomic E-state index is 0.197. The first-order chi connectivity index (χ1) is 8.62. The fourth-order valence-corrected chi connectivity index (χ4v) is 1.80. The number of aromatic nitrogens is 2. The summed E-state index contributed by atoms with van der Waals surface area (Å²) in [7, 11) is 1.67. The molecule has 0 spiro atoms. The maximum Gasteiger partial charge on any atom is 0.118 e. The summed E-state index contributed by atoms with van der Waals surface area (Å²) in [5.74, 6) is 0.859. The number of methoxy groups -OCH3 is 1. The number of nitrogens with one attached hydrogen (secondary N) is 1. The Hall–Kier alpha value is -2.10. The van der Waals surface area contributed by atoms with Crippen LogP contribution in [0.5, 0.6) is 5.75 Å². The van der Waals surface area contributed by atoms with E-state index in [9.17, 15) is 0 Å². The second-order valence-corrected chi connectivity index (χ2v) is 4.61. The molecule has 94 valence electrons. The van der Waals surface area contributed by atoms with Crippen LogP contribution in [0.1, 0.15) is 19.4 Å². The molecule has 2 aromatic rings. The van der Waals surface area contributed by atoms with Gasteiger partial charge < -0.3 is 10.1 Å². The van der Waals surface area contributed by atoms with Crippen LogP contribution >= 0.6 is 0 Å². The third-order valence-electron chi connectivity index (χ3n) is 2.83. The van der Waals surface area contributed by atoms with Gasteiger partial charge in [-0.25, -0.2) is 9.97 Å². The Morgan fingerprint density at radius 3 is 2.22 bits per heavy atom. The summed E-state index contributed by atoms with van der Waals surface area (Å²) in [5, 5.41) is 3.41. The summed E-state index contributed by atoms with van der Waals surface area (Å²) in [6.07, 6.45) is 5.04. The van der Waals surface area contributed by atoms with Crippen LogP contribution in [0.25, 0.3) is 0 Å². The first kappa shape index (κ1) is 12.4. The van der Waals surface area contributed by atoms with E-state index in [1.165, 1.54) is 11.9 Å². The first-order valence-corrected chi connectivity index (χ1v) is 5.79. The van der Waals surface area contributed by atoms with E-state index < -0.39 is 0 Å². The highest BCUT2D eigenvalue weighted by molar-refractivity contribution is 5.44. The molecule has 0 bridgehead atoms. The summed E-state index contributed by atoms with van der Waals surface area (Å²) < 4.78 is 5.16. The van der Waals surface area contributed by atoms with Crippen molar-refractivity contribution < 1.29 is 4.74 Å². The molecule has 0 aliphatic heterocycles. The molecule has 0 saturated heterocycles. The van der Waals surface area contributed by atoms with Crippen LogP contribution in [-0.2, 0) is 5.54 Å². The first-order valence-electron chi connectivity index (χ1n) is 5.79. The Labute approximate surface area is 107 Å². The quantitative estimate of drug-likeness (QED) is 0.897. The monoisotopic (exact) mass is 243 g/mol. The highest BCUT2D eigenvalue weighted by atomic mass is 16.5. The van der Waals surface area contributed by atoms with Crippen molar-refractivity contribution in [3.05, 3.63) is 48.5 Å². The van der Waals surface area contributed by atoms with E-state index in [4.69, 9.17) is 4.74 Å². The second kappa shape index (κ2) is 5.04. The third-order valence-corrected chi connectivity index (χ3v) is 2.83. The van der Waals surface area contributed by atoms with E-state index >= 15 is 0 Å². The lowest BCUT2D eigenvalue weighted by Gasteiger charge is -2.28. The standard InChI is InChI=1S/C14H17N3O/c1-14(2,17-12-8-15-10-16-9-12)11-4-6-13(18-3)7-5-11/h4-10,17H,1-3H3. The minimum atomic E-state index is -0.197. The average Bonchev–Trinajstić information content (AvgIpc) is 2.39. The van der Waals surface area contributed by atoms with Crippen molar-refractivity contribution in [3.8, 4) is 5.75 Å². The van der Waals surface area contributed by atoms with Crippen molar-refractivity contribution in [2.24, 2.45) is 0 Å². The van der Waals surface area contributed by atoms with Crippen LogP contribution in [0.2, 0.25) is 0 Å². The fourth-order valence-electron chi connectivity index (χ4n) is 1.80. The van der Waals surface area contributed by atoms with Gasteiger partial charge in [0.05, 0.1) is 30.7 Å². The van der Waals surface area contributed by atoms with Gasteiger partial charge in [-0.1, -0.05) is 12.1 Å². The van der Waals surface area contributed by atoms with E-state index in [0.29, 0.717) is 0 Å². The Morgan fingerprint density at radius 1 is 1.06 bits per heavy atom. The van der Waals surface area contributed by atoms with E-state index in [2.05, 4.69) is 41.3 Å². The molecule has 18 heavy (non-hydrogen) atoms. The second-order valence-electron chi connectivity index (χ2n) is 4.61. The van der Waals surface area contributed by atoms with Crippen molar-refractivity contribution in [2.45, 2.75) is 19.4 Å². The van der Waals surface area contributed by atoms with Crippen LogP contribution in [0, 0.1) is 0 Å². The van der Waals surface area contributed by atoms with Crippen molar-refractivity contribution >= 4 is 5.69 Å². The summed E-state index contributed by atoms with van der Waals surface area (Å²) in [6.45, 7) is 4.23. The summed E-state index contributed by atoms with van der Waals surface area (Å²) in [6, 6.07) is 8.02. The molecule has 0 unspecified atom stereocenters. The lowest BCUT2D eigenvalue weighted by Crippen LogP contribution is -2.27. The third kappa shape index (κ3) is 2.77. The zero-order valence-electron chi connectivity index (χ0n) is 10.8. The summed E-state index contributed by atoms with van der Waals surface area (Å²) in [5.41, 5.74) is 1.88. The average molecular weight is 243 g/mol. The number of ether oxygens (including phenoxy) is 1. The van der Waals surface area contributed by atoms with Gasteiger partial charge in [0, 0.05) is 0 Å². The maximum absolute atomic E-state index is 5.16. The molecule has 0 amide bonds. The normalized spacial score (nSPS) is 11.1. The maximum atomic E-state index is 5.16. The van der Waals surface area contributed by atoms with Gasteiger partial charge in [0.25, 0.3) is 0 Å². The molecule has 4 nitrogen and oxygen atoms in total. The molecule has 0 saturated carbocycles. The number of hydrogen-bond acceptors (Lipinski definition) is 4. The molecule has 0 aliphatic rings.